The number of ether oxygens (including phenoxy) is 1. The molecule has 2 nitrogen and oxygen atoms in total. The van der Waals surface area contributed by atoms with E-state index >= 15 is 0 Å². The van der Waals surface area contributed by atoms with E-state index in [-0.39, 0.29) is 5.60 Å². The molecule has 17 heavy (non-hydrogen) atoms. The normalized spacial score (nSPS) is 19.9. The second-order valence-corrected chi connectivity index (χ2v) is 5.88. The summed E-state index contributed by atoms with van der Waals surface area (Å²) in [7, 11) is 3.94. The van der Waals surface area contributed by atoms with Gasteiger partial charge in [-0.25, -0.2) is 0 Å². The van der Waals surface area contributed by atoms with Crippen molar-refractivity contribution in [3.05, 3.63) is 22.4 Å². The number of rotatable bonds is 7. The van der Waals surface area contributed by atoms with Gasteiger partial charge in [0.05, 0.1) is 5.60 Å². The maximum absolute atomic E-state index is 5.71. The molecule has 0 radical (unpaired) electrons. The topological polar surface area (TPSA) is 21.3 Å². The average Bonchev–Trinajstić information content (AvgIpc) is 2.80. The van der Waals surface area contributed by atoms with Crippen LogP contribution in [0.5, 0.6) is 0 Å². The van der Waals surface area contributed by atoms with Gasteiger partial charge in [0.2, 0.25) is 0 Å². The van der Waals surface area contributed by atoms with Crippen molar-refractivity contribution in [1.29, 1.82) is 0 Å². The van der Waals surface area contributed by atoms with Gasteiger partial charge in [-0.3, -0.25) is 0 Å². The van der Waals surface area contributed by atoms with Crippen LogP contribution in [0.4, 0.5) is 0 Å². The lowest BCUT2D eigenvalue weighted by Crippen LogP contribution is -2.45. The van der Waals surface area contributed by atoms with E-state index in [1.54, 1.807) is 11.3 Å². The zero-order valence-corrected chi connectivity index (χ0v) is 11.7. The van der Waals surface area contributed by atoms with E-state index in [0.29, 0.717) is 6.04 Å². The van der Waals surface area contributed by atoms with Gasteiger partial charge in [-0.1, -0.05) is 0 Å². The Morgan fingerprint density at radius 3 is 2.82 bits per heavy atom. The second kappa shape index (κ2) is 5.98. The molecule has 1 heterocycles. The van der Waals surface area contributed by atoms with Gasteiger partial charge in [0.1, 0.15) is 0 Å². The SMILES string of the molecule is CNC(CCc1ccsc1)CC1(OC)CCC1. The molecule has 1 unspecified atom stereocenters. The quantitative estimate of drug-likeness (QED) is 0.805. The summed E-state index contributed by atoms with van der Waals surface area (Å²) in [5, 5.41) is 7.86. The minimum Gasteiger partial charge on any atom is -0.378 e. The maximum atomic E-state index is 5.71. The van der Waals surface area contributed by atoms with Crippen LogP contribution in [0.25, 0.3) is 0 Å². The Bertz CT molecular complexity index is 313. The molecular formula is C14H23NOS. The van der Waals surface area contributed by atoms with Crippen molar-refractivity contribution < 1.29 is 4.74 Å². The molecular weight excluding hydrogens is 230 g/mol. The molecule has 1 fully saturated rings. The summed E-state index contributed by atoms with van der Waals surface area (Å²) < 4.78 is 5.71. The van der Waals surface area contributed by atoms with Gasteiger partial charge in [-0.2, -0.15) is 11.3 Å². The smallest absolute Gasteiger partial charge is 0.0693 e. The third-order valence-electron chi connectivity index (χ3n) is 4.09. The molecule has 1 aromatic rings. The van der Waals surface area contributed by atoms with Crippen molar-refractivity contribution in [2.45, 2.75) is 50.2 Å². The molecule has 0 bridgehead atoms. The Kier molecular flexibility index (Phi) is 4.60. The van der Waals surface area contributed by atoms with Crippen LogP contribution >= 0.6 is 11.3 Å². The summed E-state index contributed by atoms with van der Waals surface area (Å²) in [5.74, 6) is 0. The summed E-state index contributed by atoms with van der Waals surface area (Å²) in [6.45, 7) is 0. The van der Waals surface area contributed by atoms with E-state index in [1.807, 2.05) is 7.11 Å². The lowest BCUT2D eigenvalue weighted by atomic mass is 9.75. The molecule has 2 rings (SSSR count). The Balaban J connectivity index is 1.80. The predicted molar refractivity (Wildman–Crippen MR) is 73.7 cm³/mol. The average molecular weight is 253 g/mol. The van der Waals surface area contributed by atoms with Gasteiger partial charge in [-0.05, 0) is 68.0 Å². The van der Waals surface area contributed by atoms with Crippen LogP contribution in [0.15, 0.2) is 16.8 Å². The second-order valence-electron chi connectivity index (χ2n) is 5.10. The van der Waals surface area contributed by atoms with Crippen molar-refractivity contribution >= 4 is 11.3 Å². The monoisotopic (exact) mass is 253 g/mol. The lowest BCUT2D eigenvalue weighted by Gasteiger charge is -2.42. The number of thiophene rings is 1. The largest absolute Gasteiger partial charge is 0.378 e. The highest BCUT2D eigenvalue weighted by Gasteiger charge is 2.38. The van der Waals surface area contributed by atoms with Crippen molar-refractivity contribution in [2.75, 3.05) is 14.2 Å². The molecule has 3 heteroatoms. The Labute approximate surface area is 108 Å². The molecule has 1 aliphatic carbocycles. The number of hydrogen-bond acceptors (Lipinski definition) is 3. The van der Waals surface area contributed by atoms with Crippen molar-refractivity contribution in [3.63, 3.8) is 0 Å². The van der Waals surface area contributed by atoms with E-state index in [0.717, 1.165) is 6.42 Å². The lowest BCUT2D eigenvalue weighted by molar-refractivity contribution is -0.0834. The van der Waals surface area contributed by atoms with Crippen molar-refractivity contribution in [2.24, 2.45) is 0 Å². The minimum atomic E-state index is 0.183. The first-order valence-electron chi connectivity index (χ1n) is 6.51. The molecule has 1 aromatic heterocycles. The van der Waals surface area contributed by atoms with Crippen molar-refractivity contribution in [3.8, 4) is 0 Å². The highest BCUT2D eigenvalue weighted by Crippen LogP contribution is 2.39. The van der Waals surface area contributed by atoms with Crippen LogP contribution in [0.3, 0.4) is 0 Å². The van der Waals surface area contributed by atoms with Crippen LogP contribution in [-0.2, 0) is 11.2 Å². The van der Waals surface area contributed by atoms with Crippen LogP contribution in [0.1, 0.15) is 37.7 Å². The van der Waals surface area contributed by atoms with Crippen molar-refractivity contribution in [1.82, 2.24) is 5.32 Å². The molecule has 0 amide bonds. The molecule has 1 saturated carbocycles. The molecule has 1 N–H and O–H groups in total. The third kappa shape index (κ3) is 3.30. The van der Waals surface area contributed by atoms with Crippen LogP contribution in [0, 0.1) is 0 Å². The van der Waals surface area contributed by atoms with E-state index < -0.39 is 0 Å². The first kappa shape index (κ1) is 13.1. The summed E-state index contributed by atoms with van der Waals surface area (Å²) in [6.07, 6.45) is 7.34. The van der Waals surface area contributed by atoms with E-state index in [2.05, 4.69) is 29.2 Å². The Morgan fingerprint density at radius 1 is 1.53 bits per heavy atom. The highest BCUT2D eigenvalue weighted by molar-refractivity contribution is 7.07. The Morgan fingerprint density at radius 2 is 2.35 bits per heavy atom. The molecule has 1 atom stereocenters. The predicted octanol–water partition coefficient (Wildman–Crippen LogP) is 3.23. The zero-order valence-electron chi connectivity index (χ0n) is 10.9. The third-order valence-corrected chi connectivity index (χ3v) is 4.82. The number of aryl methyl sites for hydroxylation is 1. The Hall–Kier alpha value is -0.380. The van der Waals surface area contributed by atoms with Gasteiger partial charge in [0.15, 0.2) is 0 Å². The van der Waals surface area contributed by atoms with E-state index in [1.165, 1.54) is 37.7 Å². The van der Waals surface area contributed by atoms with Crippen LogP contribution in [0.2, 0.25) is 0 Å². The van der Waals surface area contributed by atoms with Gasteiger partial charge < -0.3 is 10.1 Å². The maximum Gasteiger partial charge on any atom is 0.0693 e. The summed E-state index contributed by atoms with van der Waals surface area (Å²) in [5.41, 5.74) is 1.65. The minimum absolute atomic E-state index is 0.183. The van der Waals surface area contributed by atoms with Crippen LogP contribution in [-0.4, -0.2) is 25.8 Å². The van der Waals surface area contributed by atoms with Gasteiger partial charge in [0, 0.05) is 13.2 Å². The fourth-order valence-corrected chi connectivity index (χ4v) is 3.34. The number of methoxy groups -OCH3 is 1. The fourth-order valence-electron chi connectivity index (χ4n) is 2.64. The number of hydrogen-bond donors (Lipinski definition) is 1. The standard InChI is InChI=1S/C14H23NOS/c1-15-13(5-4-12-6-9-17-11-12)10-14(16-2)7-3-8-14/h6,9,11,13,15H,3-5,7-8,10H2,1-2H3. The van der Waals surface area contributed by atoms with Gasteiger partial charge in [-0.15, -0.1) is 0 Å². The highest BCUT2D eigenvalue weighted by atomic mass is 32.1. The van der Waals surface area contributed by atoms with E-state index in [9.17, 15) is 0 Å². The molecule has 1 aliphatic rings. The first-order chi connectivity index (χ1) is 8.28. The summed E-state index contributed by atoms with van der Waals surface area (Å²) in [4.78, 5) is 0. The first-order valence-corrected chi connectivity index (χ1v) is 7.46. The molecule has 96 valence electrons. The van der Waals surface area contributed by atoms with Crippen LogP contribution < -0.4 is 5.32 Å². The summed E-state index contributed by atoms with van der Waals surface area (Å²) in [6, 6.07) is 2.81. The molecule has 0 aromatic carbocycles. The fraction of sp³-hybridized carbons (Fsp3) is 0.714. The zero-order chi connectivity index (χ0) is 12.1. The molecule has 0 saturated heterocycles. The summed E-state index contributed by atoms with van der Waals surface area (Å²) >= 11 is 1.79. The molecule has 0 aliphatic heterocycles. The number of nitrogens with one attached hydrogen (secondary N) is 1. The van der Waals surface area contributed by atoms with E-state index in [4.69, 9.17) is 4.74 Å². The molecule has 0 spiro atoms. The van der Waals surface area contributed by atoms with Gasteiger partial charge >= 0.3 is 0 Å². The van der Waals surface area contributed by atoms with Gasteiger partial charge in [0.25, 0.3) is 0 Å².